The molecule has 0 atom stereocenters. The fourth-order valence-electron chi connectivity index (χ4n) is 1.97. The Labute approximate surface area is 111 Å². The van der Waals surface area contributed by atoms with Crippen LogP contribution in [0.1, 0.15) is 12.8 Å². The average molecular weight is 300 g/mol. The Morgan fingerprint density at radius 3 is 2.53 bits per heavy atom. The first-order valence-electron chi connectivity index (χ1n) is 6.03. The summed E-state index contributed by atoms with van der Waals surface area (Å²) < 4.78 is 6.73. The second-order valence-electron chi connectivity index (χ2n) is 4.38. The number of rotatable bonds is 4. The minimum absolute atomic E-state index is 0.0985. The quantitative estimate of drug-likeness (QED) is 0.926. The molecule has 0 amide bonds. The molecule has 1 N–H and O–H groups in total. The van der Waals surface area contributed by atoms with Crippen LogP contribution in [0.4, 0.5) is 0 Å². The number of halogens is 1. The second kappa shape index (κ2) is 6.38. The summed E-state index contributed by atoms with van der Waals surface area (Å²) in [5, 5.41) is 9.39. The molecule has 2 rings (SSSR count). The molecule has 1 aromatic carbocycles. The monoisotopic (exact) mass is 299 g/mol. The third-order valence-corrected chi connectivity index (χ3v) is 3.58. The minimum Gasteiger partial charge on any atom is -0.492 e. The molecule has 0 aromatic heterocycles. The van der Waals surface area contributed by atoms with Crippen LogP contribution < -0.4 is 4.74 Å². The van der Waals surface area contributed by atoms with E-state index in [1.54, 1.807) is 0 Å². The summed E-state index contributed by atoms with van der Waals surface area (Å²) in [6.45, 7) is 3.59. The topological polar surface area (TPSA) is 32.7 Å². The molecule has 1 heterocycles. The molecule has 1 aliphatic heterocycles. The Balaban J connectivity index is 1.67. The average Bonchev–Trinajstić information content (AvgIpc) is 2.34. The molecule has 1 aromatic rings. The van der Waals surface area contributed by atoms with Gasteiger partial charge in [0.15, 0.2) is 0 Å². The molecule has 1 fully saturated rings. The highest BCUT2D eigenvalue weighted by atomic mass is 79.9. The second-order valence-corrected chi connectivity index (χ2v) is 5.29. The van der Waals surface area contributed by atoms with Gasteiger partial charge < -0.3 is 9.84 Å². The standard InChI is InChI=1S/C13H18BrNO2/c14-11-1-3-13(4-2-11)17-10-9-15-7-5-12(16)6-8-15/h1-4,12,16H,5-10H2. The maximum absolute atomic E-state index is 9.39. The number of nitrogens with zero attached hydrogens (tertiary/aromatic N) is 1. The van der Waals surface area contributed by atoms with Gasteiger partial charge in [-0.3, -0.25) is 4.90 Å². The summed E-state index contributed by atoms with van der Waals surface area (Å²) in [5.74, 6) is 0.908. The van der Waals surface area contributed by atoms with Gasteiger partial charge in [0, 0.05) is 24.1 Å². The van der Waals surface area contributed by atoms with E-state index in [2.05, 4.69) is 20.8 Å². The van der Waals surface area contributed by atoms with Gasteiger partial charge in [0.25, 0.3) is 0 Å². The molecule has 0 aliphatic carbocycles. The summed E-state index contributed by atoms with van der Waals surface area (Å²) in [7, 11) is 0. The summed E-state index contributed by atoms with van der Waals surface area (Å²) >= 11 is 3.39. The van der Waals surface area contributed by atoms with Crippen molar-refractivity contribution >= 4 is 15.9 Å². The lowest BCUT2D eigenvalue weighted by atomic mass is 10.1. The molecular weight excluding hydrogens is 282 g/mol. The predicted molar refractivity (Wildman–Crippen MR) is 71.3 cm³/mol. The van der Waals surface area contributed by atoms with E-state index in [4.69, 9.17) is 4.74 Å². The largest absolute Gasteiger partial charge is 0.492 e. The number of hydrogen-bond donors (Lipinski definition) is 1. The molecule has 0 bridgehead atoms. The van der Waals surface area contributed by atoms with Crippen molar-refractivity contribution in [2.45, 2.75) is 18.9 Å². The third-order valence-electron chi connectivity index (χ3n) is 3.05. The van der Waals surface area contributed by atoms with Gasteiger partial charge in [0.05, 0.1) is 6.10 Å². The van der Waals surface area contributed by atoms with E-state index in [-0.39, 0.29) is 6.10 Å². The number of aliphatic hydroxyl groups excluding tert-OH is 1. The van der Waals surface area contributed by atoms with Crippen LogP contribution in [-0.2, 0) is 0 Å². The van der Waals surface area contributed by atoms with Crippen molar-refractivity contribution in [3.05, 3.63) is 28.7 Å². The molecule has 94 valence electrons. The van der Waals surface area contributed by atoms with Crippen LogP contribution in [0.25, 0.3) is 0 Å². The van der Waals surface area contributed by atoms with E-state index in [0.717, 1.165) is 42.7 Å². The first-order chi connectivity index (χ1) is 8.24. The van der Waals surface area contributed by atoms with Crippen molar-refractivity contribution in [2.24, 2.45) is 0 Å². The van der Waals surface area contributed by atoms with E-state index in [9.17, 15) is 5.11 Å². The van der Waals surface area contributed by atoms with E-state index in [1.807, 2.05) is 24.3 Å². The van der Waals surface area contributed by atoms with E-state index < -0.39 is 0 Å². The van der Waals surface area contributed by atoms with Crippen molar-refractivity contribution in [3.8, 4) is 5.75 Å². The number of piperidine rings is 1. The lowest BCUT2D eigenvalue weighted by Gasteiger charge is -2.29. The summed E-state index contributed by atoms with van der Waals surface area (Å²) in [4.78, 5) is 2.34. The molecule has 0 spiro atoms. The molecule has 0 saturated carbocycles. The number of hydrogen-bond acceptors (Lipinski definition) is 3. The van der Waals surface area contributed by atoms with Crippen LogP contribution in [0.15, 0.2) is 28.7 Å². The van der Waals surface area contributed by atoms with Gasteiger partial charge in [0.1, 0.15) is 12.4 Å². The number of ether oxygens (including phenoxy) is 1. The maximum atomic E-state index is 9.39. The molecule has 1 saturated heterocycles. The summed E-state index contributed by atoms with van der Waals surface area (Å²) in [5.41, 5.74) is 0. The zero-order valence-corrected chi connectivity index (χ0v) is 11.4. The molecule has 3 nitrogen and oxygen atoms in total. The van der Waals surface area contributed by atoms with E-state index in [1.165, 1.54) is 0 Å². The van der Waals surface area contributed by atoms with Crippen molar-refractivity contribution < 1.29 is 9.84 Å². The molecule has 0 radical (unpaired) electrons. The SMILES string of the molecule is OC1CCN(CCOc2ccc(Br)cc2)CC1. The minimum atomic E-state index is -0.0985. The highest BCUT2D eigenvalue weighted by molar-refractivity contribution is 9.10. The van der Waals surface area contributed by atoms with Gasteiger partial charge in [-0.05, 0) is 37.1 Å². The Morgan fingerprint density at radius 2 is 1.88 bits per heavy atom. The van der Waals surface area contributed by atoms with Gasteiger partial charge in [-0.2, -0.15) is 0 Å². The van der Waals surface area contributed by atoms with Gasteiger partial charge >= 0.3 is 0 Å². The lowest BCUT2D eigenvalue weighted by Crippen LogP contribution is -2.38. The molecular formula is C13H18BrNO2. The molecule has 1 aliphatic rings. The Morgan fingerprint density at radius 1 is 1.24 bits per heavy atom. The van der Waals surface area contributed by atoms with Crippen molar-refractivity contribution in [1.29, 1.82) is 0 Å². The van der Waals surface area contributed by atoms with Crippen LogP contribution in [0.5, 0.6) is 5.75 Å². The van der Waals surface area contributed by atoms with E-state index in [0.29, 0.717) is 6.61 Å². The zero-order chi connectivity index (χ0) is 12.1. The molecule has 0 unspecified atom stereocenters. The third kappa shape index (κ3) is 4.30. The molecule has 4 heteroatoms. The zero-order valence-electron chi connectivity index (χ0n) is 9.81. The molecule has 17 heavy (non-hydrogen) atoms. The van der Waals surface area contributed by atoms with Crippen molar-refractivity contribution in [3.63, 3.8) is 0 Å². The van der Waals surface area contributed by atoms with Crippen molar-refractivity contribution in [1.82, 2.24) is 4.90 Å². The van der Waals surface area contributed by atoms with Crippen molar-refractivity contribution in [2.75, 3.05) is 26.2 Å². The first-order valence-corrected chi connectivity index (χ1v) is 6.82. The van der Waals surface area contributed by atoms with Crippen LogP contribution in [0, 0.1) is 0 Å². The fourth-order valence-corrected chi connectivity index (χ4v) is 2.23. The summed E-state index contributed by atoms with van der Waals surface area (Å²) in [6.07, 6.45) is 1.68. The lowest BCUT2D eigenvalue weighted by molar-refractivity contribution is 0.0755. The predicted octanol–water partition coefficient (Wildman–Crippen LogP) is 2.28. The smallest absolute Gasteiger partial charge is 0.119 e. The number of aliphatic hydroxyl groups is 1. The van der Waals surface area contributed by atoms with Crippen LogP contribution in [0.2, 0.25) is 0 Å². The van der Waals surface area contributed by atoms with E-state index >= 15 is 0 Å². The number of benzene rings is 1. The Kier molecular flexibility index (Phi) is 4.83. The van der Waals surface area contributed by atoms with Crippen LogP contribution in [-0.4, -0.2) is 42.4 Å². The highest BCUT2D eigenvalue weighted by Crippen LogP contribution is 2.16. The number of likely N-dealkylation sites (tertiary alicyclic amines) is 1. The normalized spacial score (nSPS) is 18.2. The van der Waals surface area contributed by atoms with Gasteiger partial charge in [-0.15, -0.1) is 0 Å². The highest BCUT2D eigenvalue weighted by Gasteiger charge is 2.16. The Bertz CT molecular complexity index is 334. The fraction of sp³-hybridized carbons (Fsp3) is 0.538. The Hall–Kier alpha value is -0.580. The van der Waals surface area contributed by atoms with Crippen LogP contribution in [0.3, 0.4) is 0 Å². The first kappa shape index (κ1) is 12.9. The van der Waals surface area contributed by atoms with Gasteiger partial charge in [-0.1, -0.05) is 15.9 Å². The van der Waals surface area contributed by atoms with Gasteiger partial charge in [0.2, 0.25) is 0 Å². The van der Waals surface area contributed by atoms with Gasteiger partial charge in [-0.25, -0.2) is 0 Å². The maximum Gasteiger partial charge on any atom is 0.119 e. The van der Waals surface area contributed by atoms with Crippen LogP contribution >= 0.6 is 15.9 Å². The summed E-state index contributed by atoms with van der Waals surface area (Å²) in [6, 6.07) is 7.88.